The molecule has 152 valence electrons. The number of hydrogen-bond donors (Lipinski definition) is 0. The fourth-order valence-electron chi connectivity index (χ4n) is 4.37. The van der Waals surface area contributed by atoms with E-state index in [1.807, 2.05) is 24.5 Å². The van der Waals surface area contributed by atoms with Gasteiger partial charge in [-0.1, -0.05) is 18.2 Å². The van der Waals surface area contributed by atoms with Crippen LogP contribution in [0.3, 0.4) is 0 Å². The summed E-state index contributed by atoms with van der Waals surface area (Å²) in [5.41, 5.74) is 2.50. The zero-order chi connectivity index (χ0) is 19.9. The number of aromatic nitrogens is 4. The van der Waals surface area contributed by atoms with Crippen LogP contribution in [0, 0.1) is 13.8 Å². The van der Waals surface area contributed by atoms with E-state index in [0.29, 0.717) is 17.7 Å². The second-order valence-electron chi connectivity index (χ2n) is 7.78. The predicted molar refractivity (Wildman–Crippen MR) is 109 cm³/mol. The number of carbonyl (C=O) groups is 1. The van der Waals surface area contributed by atoms with Crippen molar-refractivity contribution in [3.8, 4) is 0 Å². The fourth-order valence-corrected chi connectivity index (χ4v) is 6.94. The zero-order valence-corrected chi connectivity index (χ0v) is 18.0. The maximum atomic E-state index is 12.9. The van der Waals surface area contributed by atoms with E-state index < -0.39 is 9.84 Å². The van der Waals surface area contributed by atoms with Crippen LogP contribution in [0.15, 0.2) is 11.2 Å². The van der Waals surface area contributed by atoms with Crippen molar-refractivity contribution in [1.82, 2.24) is 19.3 Å². The summed E-state index contributed by atoms with van der Waals surface area (Å²) in [7, 11) is -2.97. The zero-order valence-electron chi connectivity index (χ0n) is 16.3. The molecule has 1 fully saturated rings. The maximum Gasteiger partial charge on any atom is 0.191 e. The quantitative estimate of drug-likeness (QED) is 0.544. The van der Waals surface area contributed by atoms with Gasteiger partial charge in [0.05, 0.1) is 17.3 Å². The number of rotatable bonds is 5. The summed E-state index contributed by atoms with van der Waals surface area (Å²) in [6.45, 7) is 4.78. The second kappa shape index (κ2) is 7.67. The molecule has 2 aliphatic heterocycles. The summed E-state index contributed by atoms with van der Waals surface area (Å²) in [6.07, 6.45) is 5.04. The predicted octanol–water partition coefficient (Wildman–Crippen LogP) is 2.76. The third-order valence-corrected chi connectivity index (χ3v) is 8.48. The van der Waals surface area contributed by atoms with Gasteiger partial charge in [-0.25, -0.2) is 8.42 Å². The van der Waals surface area contributed by atoms with E-state index in [1.165, 1.54) is 18.2 Å². The number of fused-ring (bicyclic) bond motifs is 1. The smallest absolute Gasteiger partial charge is 0.191 e. The lowest BCUT2D eigenvalue weighted by Crippen LogP contribution is -2.14. The Labute approximate surface area is 169 Å². The Kier molecular flexibility index (Phi) is 5.39. The minimum atomic E-state index is -2.97. The average molecular weight is 423 g/mol. The molecule has 2 aromatic heterocycles. The molecule has 28 heavy (non-hydrogen) atoms. The molecule has 2 aromatic rings. The molecule has 0 radical (unpaired) electrons. The number of thioether (sulfide) groups is 1. The number of hydrogen-bond acceptors (Lipinski definition) is 6. The molecule has 0 spiro atoms. The number of carbonyl (C=O) groups excluding carboxylic acids is 1. The molecular formula is C19H26N4O3S2. The summed E-state index contributed by atoms with van der Waals surface area (Å²) in [5.74, 6) is 1.78. The van der Waals surface area contributed by atoms with Crippen molar-refractivity contribution in [3.05, 3.63) is 28.8 Å². The van der Waals surface area contributed by atoms with Crippen molar-refractivity contribution in [2.24, 2.45) is 0 Å². The van der Waals surface area contributed by atoms with Gasteiger partial charge in [-0.15, -0.1) is 10.2 Å². The normalized spacial score (nSPS) is 21.4. The number of sulfone groups is 1. The van der Waals surface area contributed by atoms with Gasteiger partial charge >= 0.3 is 0 Å². The molecular weight excluding hydrogens is 396 g/mol. The first-order valence-electron chi connectivity index (χ1n) is 9.82. The van der Waals surface area contributed by atoms with Crippen LogP contribution < -0.4 is 0 Å². The molecule has 0 bridgehead atoms. The minimum absolute atomic E-state index is 0.0520. The van der Waals surface area contributed by atoms with Crippen molar-refractivity contribution in [2.45, 2.75) is 63.7 Å². The van der Waals surface area contributed by atoms with E-state index in [4.69, 9.17) is 0 Å². The van der Waals surface area contributed by atoms with Gasteiger partial charge in [0.2, 0.25) is 0 Å². The Balaban J connectivity index is 1.49. The summed E-state index contributed by atoms with van der Waals surface area (Å²) in [6, 6.07) is 1.83. The maximum absolute atomic E-state index is 12.9. The lowest BCUT2D eigenvalue weighted by molar-refractivity contribution is 0.102. The molecule has 0 aromatic carbocycles. The van der Waals surface area contributed by atoms with Crippen LogP contribution in [0.4, 0.5) is 0 Å². The monoisotopic (exact) mass is 422 g/mol. The van der Waals surface area contributed by atoms with E-state index in [9.17, 15) is 13.2 Å². The molecule has 0 aliphatic carbocycles. The van der Waals surface area contributed by atoms with E-state index in [2.05, 4.69) is 14.8 Å². The highest BCUT2D eigenvalue weighted by atomic mass is 32.2. The van der Waals surface area contributed by atoms with E-state index >= 15 is 0 Å². The van der Waals surface area contributed by atoms with Crippen molar-refractivity contribution in [2.75, 3.05) is 17.3 Å². The molecule has 7 nitrogen and oxygen atoms in total. The highest BCUT2D eigenvalue weighted by molar-refractivity contribution is 7.99. The van der Waals surface area contributed by atoms with Gasteiger partial charge in [0.1, 0.15) is 5.82 Å². The van der Waals surface area contributed by atoms with Gasteiger partial charge < -0.3 is 9.13 Å². The topological polar surface area (TPSA) is 86.8 Å². The van der Waals surface area contributed by atoms with E-state index in [1.54, 1.807) is 0 Å². The number of Topliss-reactive ketones (excluding diaryl/α,β-unsaturated/α-hetero) is 1. The van der Waals surface area contributed by atoms with E-state index in [0.717, 1.165) is 48.2 Å². The van der Waals surface area contributed by atoms with Crippen molar-refractivity contribution in [1.29, 1.82) is 0 Å². The summed E-state index contributed by atoms with van der Waals surface area (Å²) < 4.78 is 27.9. The van der Waals surface area contributed by atoms with Gasteiger partial charge in [0.15, 0.2) is 20.8 Å². The standard InChI is InChI=1S/C19H26N4O3S2/c1-13-10-16(14(2)23(13)15-7-9-28(25,26)12-15)17(24)11-27-19-21-20-18-6-4-3-5-8-22(18)19/h10,15H,3-9,11-12H2,1-2H3. The van der Waals surface area contributed by atoms with Gasteiger partial charge in [0, 0.05) is 36.0 Å². The van der Waals surface area contributed by atoms with Gasteiger partial charge in [0.25, 0.3) is 0 Å². The largest absolute Gasteiger partial charge is 0.344 e. The van der Waals surface area contributed by atoms with Crippen molar-refractivity contribution in [3.63, 3.8) is 0 Å². The van der Waals surface area contributed by atoms with Crippen LogP contribution in [0.2, 0.25) is 0 Å². The Hall–Kier alpha value is -1.61. The molecule has 0 N–H and O–H groups in total. The molecule has 4 heterocycles. The first-order valence-corrected chi connectivity index (χ1v) is 12.6. The first kappa shape index (κ1) is 19.7. The van der Waals surface area contributed by atoms with E-state index in [-0.39, 0.29) is 23.3 Å². The Morgan fingerprint density at radius 2 is 2.07 bits per heavy atom. The molecule has 9 heteroatoms. The molecule has 4 rings (SSSR count). The van der Waals surface area contributed by atoms with Crippen LogP contribution in [-0.4, -0.2) is 50.8 Å². The van der Waals surface area contributed by atoms with Crippen LogP contribution in [-0.2, 0) is 22.8 Å². The van der Waals surface area contributed by atoms with Gasteiger partial charge in [-0.3, -0.25) is 4.79 Å². The summed E-state index contributed by atoms with van der Waals surface area (Å²) >= 11 is 1.44. The second-order valence-corrected chi connectivity index (χ2v) is 11.0. The highest BCUT2D eigenvalue weighted by Gasteiger charge is 2.31. The third kappa shape index (κ3) is 3.78. The molecule has 0 saturated carbocycles. The molecule has 1 unspecified atom stereocenters. The van der Waals surface area contributed by atoms with Crippen LogP contribution >= 0.6 is 11.8 Å². The van der Waals surface area contributed by atoms with Crippen LogP contribution in [0.5, 0.6) is 0 Å². The number of nitrogens with zero attached hydrogens (tertiary/aromatic N) is 4. The lowest BCUT2D eigenvalue weighted by Gasteiger charge is -2.16. The molecule has 0 amide bonds. The summed E-state index contributed by atoms with van der Waals surface area (Å²) in [5, 5.41) is 9.39. The number of aryl methyl sites for hydroxylation is 2. The fraction of sp³-hybridized carbons (Fsp3) is 0.632. The van der Waals surface area contributed by atoms with Crippen LogP contribution in [0.1, 0.15) is 59.3 Å². The van der Waals surface area contributed by atoms with Crippen molar-refractivity contribution >= 4 is 27.4 Å². The van der Waals surface area contributed by atoms with Crippen LogP contribution in [0.25, 0.3) is 0 Å². The first-order chi connectivity index (χ1) is 13.4. The average Bonchev–Trinajstić information content (AvgIpc) is 3.22. The molecule has 1 saturated heterocycles. The van der Waals surface area contributed by atoms with Gasteiger partial charge in [-0.2, -0.15) is 0 Å². The summed E-state index contributed by atoms with van der Waals surface area (Å²) in [4.78, 5) is 12.9. The highest BCUT2D eigenvalue weighted by Crippen LogP contribution is 2.30. The Morgan fingerprint density at radius 1 is 1.25 bits per heavy atom. The lowest BCUT2D eigenvalue weighted by atomic mass is 10.2. The molecule has 2 aliphatic rings. The minimum Gasteiger partial charge on any atom is -0.344 e. The third-order valence-electron chi connectivity index (χ3n) is 5.77. The SMILES string of the molecule is Cc1cc(C(=O)CSc2nnc3n2CCCCC3)c(C)n1C1CCS(=O)(=O)C1. The Bertz CT molecular complexity index is 1010. The number of ketones is 1. The Morgan fingerprint density at radius 3 is 2.82 bits per heavy atom. The van der Waals surface area contributed by atoms with Gasteiger partial charge in [-0.05, 0) is 39.2 Å². The molecule has 1 atom stereocenters. The van der Waals surface area contributed by atoms with Crippen molar-refractivity contribution < 1.29 is 13.2 Å².